The lowest BCUT2D eigenvalue weighted by Crippen LogP contribution is -2.38. The average Bonchev–Trinajstić information content (AvgIpc) is 2.96. The highest BCUT2D eigenvalue weighted by Gasteiger charge is 2.27. The number of carboxylic acids is 2. The predicted octanol–water partition coefficient (Wildman–Crippen LogP) is 1.43. The number of carbonyl (C=O) groups is 5. The molecule has 0 saturated heterocycles. The Balaban J connectivity index is 1.45. The molecule has 0 radical (unpaired) electrons. The van der Waals surface area contributed by atoms with E-state index < -0.39 is 30.9 Å². The minimum atomic E-state index is -1.27. The highest BCUT2D eigenvalue weighted by molar-refractivity contribution is 6.00. The fraction of sp³-hybridized carbons (Fsp3) is 0.357. The van der Waals surface area contributed by atoms with Crippen molar-refractivity contribution >= 4 is 35.4 Å². The molecule has 1 saturated carbocycles. The zero-order valence-electron chi connectivity index (χ0n) is 22.2. The Bertz CT molecular complexity index is 1300. The molecule has 0 unspecified atom stereocenters. The van der Waals surface area contributed by atoms with E-state index in [2.05, 4.69) is 10.6 Å². The number of hydrogen-bond donors (Lipinski definition) is 6. The van der Waals surface area contributed by atoms with E-state index >= 15 is 0 Å². The van der Waals surface area contributed by atoms with Crippen molar-refractivity contribution in [1.82, 2.24) is 10.6 Å². The zero-order chi connectivity index (χ0) is 29.9. The molecule has 2 amide bonds. The first kappa shape index (κ1) is 30.6. The summed E-state index contributed by atoms with van der Waals surface area (Å²) < 4.78 is 10.2. The van der Waals surface area contributed by atoms with Gasteiger partial charge in [-0.3, -0.25) is 19.8 Å². The van der Waals surface area contributed by atoms with Crippen molar-refractivity contribution in [2.24, 2.45) is 17.6 Å². The van der Waals surface area contributed by atoms with Gasteiger partial charge in [0.1, 0.15) is 5.84 Å². The van der Waals surface area contributed by atoms with Crippen LogP contribution in [0.5, 0.6) is 11.5 Å². The SMILES string of the molecule is N=C(N)c1ccc(C(=O)NCC2CCC(C(=O)NCC(=O)c3ccc(OCC(=O)O)c(OCC(=O)O)c3)CC2)cc1. The molecule has 0 aromatic heterocycles. The number of amidine groups is 1. The summed E-state index contributed by atoms with van der Waals surface area (Å²) in [6.45, 7) is -1.22. The Kier molecular flexibility index (Phi) is 10.8. The van der Waals surface area contributed by atoms with Crippen molar-refractivity contribution in [1.29, 1.82) is 5.41 Å². The Morgan fingerprint density at radius 2 is 1.37 bits per heavy atom. The summed E-state index contributed by atoms with van der Waals surface area (Å²) in [4.78, 5) is 59.5. The maximum absolute atomic E-state index is 12.7. The average molecular weight is 569 g/mol. The molecule has 0 spiro atoms. The summed E-state index contributed by atoms with van der Waals surface area (Å²) >= 11 is 0. The fourth-order valence-corrected chi connectivity index (χ4v) is 4.38. The molecule has 7 N–H and O–H groups in total. The molecular weight excluding hydrogens is 536 g/mol. The zero-order valence-corrected chi connectivity index (χ0v) is 22.2. The standard InChI is InChI=1S/C28H32N4O9/c29-26(30)17-5-7-19(8-6-17)27(38)31-12-16-1-3-18(4-2-16)28(39)32-13-21(33)20-9-10-22(40-14-24(34)35)23(11-20)41-15-25(36)37/h5-11,16,18H,1-4,12-15H2,(H3,29,30)(H,31,38)(H,32,39)(H,34,35)(H,36,37). The molecule has 1 aliphatic rings. The van der Waals surface area contributed by atoms with Crippen LogP contribution in [0.2, 0.25) is 0 Å². The number of rotatable bonds is 14. The monoisotopic (exact) mass is 568 g/mol. The summed E-state index contributed by atoms with van der Waals surface area (Å²) in [7, 11) is 0. The first-order chi connectivity index (χ1) is 19.5. The van der Waals surface area contributed by atoms with E-state index in [9.17, 15) is 24.0 Å². The van der Waals surface area contributed by atoms with Gasteiger partial charge in [-0.15, -0.1) is 0 Å². The molecular formula is C28H32N4O9. The van der Waals surface area contributed by atoms with Crippen LogP contribution in [0.25, 0.3) is 0 Å². The molecule has 13 heteroatoms. The van der Waals surface area contributed by atoms with Gasteiger partial charge in [0.25, 0.3) is 5.91 Å². The smallest absolute Gasteiger partial charge is 0.341 e. The van der Waals surface area contributed by atoms with Crippen molar-refractivity contribution in [2.45, 2.75) is 25.7 Å². The number of ether oxygens (including phenoxy) is 2. The number of amides is 2. The number of nitrogens with one attached hydrogen (secondary N) is 3. The van der Waals surface area contributed by atoms with Crippen LogP contribution in [0, 0.1) is 17.2 Å². The lowest BCUT2D eigenvalue weighted by molar-refractivity contribution is -0.140. The first-order valence-corrected chi connectivity index (χ1v) is 12.9. The quantitative estimate of drug-likeness (QED) is 0.109. The van der Waals surface area contributed by atoms with Crippen LogP contribution < -0.4 is 25.8 Å². The fourth-order valence-electron chi connectivity index (χ4n) is 4.38. The third-order valence-corrected chi connectivity index (χ3v) is 6.62. The second-order valence-corrected chi connectivity index (χ2v) is 9.59. The number of carbonyl (C=O) groups excluding carboxylic acids is 3. The molecule has 2 aromatic carbocycles. The summed E-state index contributed by atoms with van der Waals surface area (Å²) in [5.74, 6) is -3.70. The Labute approximate surface area is 235 Å². The summed E-state index contributed by atoms with van der Waals surface area (Å²) in [5, 5.41) is 30.6. The minimum absolute atomic E-state index is 0.0342. The summed E-state index contributed by atoms with van der Waals surface area (Å²) in [5.41, 5.74) is 6.57. The number of hydrogen-bond acceptors (Lipinski definition) is 8. The number of carboxylic acid groups (broad SMARTS) is 2. The number of Topliss-reactive ketones (excluding diaryl/α,β-unsaturated/α-hetero) is 1. The molecule has 0 aliphatic heterocycles. The van der Waals surface area contributed by atoms with Gasteiger partial charge in [0.05, 0.1) is 6.54 Å². The van der Waals surface area contributed by atoms with Gasteiger partial charge in [-0.05, 0) is 61.9 Å². The second kappa shape index (κ2) is 14.4. The van der Waals surface area contributed by atoms with Gasteiger partial charge >= 0.3 is 11.9 Å². The molecule has 0 heterocycles. The molecule has 13 nitrogen and oxygen atoms in total. The molecule has 2 aromatic rings. The lowest BCUT2D eigenvalue weighted by Gasteiger charge is -2.27. The summed E-state index contributed by atoms with van der Waals surface area (Å²) in [6.07, 6.45) is 2.68. The van der Waals surface area contributed by atoms with Gasteiger partial charge in [-0.1, -0.05) is 12.1 Å². The van der Waals surface area contributed by atoms with E-state index in [-0.39, 0.29) is 53.1 Å². The van der Waals surface area contributed by atoms with Gasteiger partial charge in [0.15, 0.2) is 30.5 Å². The summed E-state index contributed by atoms with van der Waals surface area (Å²) in [6, 6.07) is 10.4. The van der Waals surface area contributed by atoms with E-state index in [4.69, 9.17) is 30.8 Å². The predicted molar refractivity (Wildman–Crippen MR) is 145 cm³/mol. The van der Waals surface area contributed by atoms with Crippen molar-refractivity contribution < 1.29 is 43.7 Å². The molecule has 41 heavy (non-hydrogen) atoms. The van der Waals surface area contributed by atoms with Crippen molar-refractivity contribution in [3.8, 4) is 11.5 Å². The molecule has 3 rings (SSSR count). The maximum atomic E-state index is 12.7. The molecule has 1 fully saturated rings. The van der Waals surface area contributed by atoms with Crippen LogP contribution >= 0.6 is 0 Å². The normalized spacial score (nSPS) is 16.2. The molecule has 218 valence electrons. The van der Waals surface area contributed by atoms with Gasteiger partial charge < -0.3 is 36.1 Å². The Morgan fingerprint density at radius 3 is 1.95 bits per heavy atom. The molecule has 1 aliphatic carbocycles. The number of aliphatic carboxylic acids is 2. The molecule has 0 atom stereocenters. The van der Waals surface area contributed by atoms with Crippen LogP contribution in [0.3, 0.4) is 0 Å². The second-order valence-electron chi connectivity index (χ2n) is 9.59. The van der Waals surface area contributed by atoms with Gasteiger partial charge in [-0.25, -0.2) is 9.59 Å². The number of ketones is 1. The van der Waals surface area contributed by atoms with Crippen LogP contribution in [-0.2, 0) is 14.4 Å². The number of nitrogens with two attached hydrogens (primary N) is 1. The van der Waals surface area contributed by atoms with Crippen molar-refractivity contribution in [3.63, 3.8) is 0 Å². The maximum Gasteiger partial charge on any atom is 0.341 e. The van der Waals surface area contributed by atoms with Crippen LogP contribution in [0.1, 0.15) is 52.0 Å². The highest BCUT2D eigenvalue weighted by atomic mass is 16.5. The van der Waals surface area contributed by atoms with E-state index in [1.54, 1.807) is 24.3 Å². The third-order valence-electron chi connectivity index (χ3n) is 6.62. The highest BCUT2D eigenvalue weighted by Crippen LogP contribution is 2.30. The lowest BCUT2D eigenvalue weighted by atomic mass is 9.81. The topological polar surface area (TPSA) is 218 Å². The van der Waals surface area contributed by atoms with Crippen LogP contribution in [0.15, 0.2) is 42.5 Å². The van der Waals surface area contributed by atoms with E-state index in [0.717, 1.165) is 12.8 Å². The number of benzene rings is 2. The minimum Gasteiger partial charge on any atom is -0.479 e. The van der Waals surface area contributed by atoms with Crippen LogP contribution in [-0.4, -0.2) is 71.9 Å². The van der Waals surface area contributed by atoms with Crippen molar-refractivity contribution in [3.05, 3.63) is 59.2 Å². The Morgan fingerprint density at radius 1 is 0.805 bits per heavy atom. The third kappa shape index (κ3) is 9.34. The van der Waals surface area contributed by atoms with Crippen LogP contribution in [0.4, 0.5) is 0 Å². The number of nitrogen functional groups attached to an aromatic ring is 1. The van der Waals surface area contributed by atoms with Gasteiger partial charge in [0, 0.05) is 29.2 Å². The first-order valence-electron chi connectivity index (χ1n) is 12.9. The Hall–Kier alpha value is -4.94. The van der Waals surface area contributed by atoms with E-state index in [1.807, 2.05) is 0 Å². The molecule has 0 bridgehead atoms. The van der Waals surface area contributed by atoms with E-state index in [0.29, 0.717) is 30.5 Å². The van der Waals surface area contributed by atoms with E-state index in [1.165, 1.54) is 18.2 Å². The van der Waals surface area contributed by atoms with Crippen molar-refractivity contribution in [2.75, 3.05) is 26.3 Å². The van der Waals surface area contributed by atoms with Gasteiger partial charge in [-0.2, -0.15) is 0 Å². The van der Waals surface area contributed by atoms with Gasteiger partial charge in [0.2, 0.25) is 5.91 Å². The largest absolute Gasteiger partial charge is 0.479 e.